The zero-order valence-corrected chi connectivity index (χ0v) is 12.9. The molecule has 2 heterocycles. The van der Waals surface area contributed by atoms with E-state index < -0.39 is 0 Å². The highest BCUT2D eigenvalue weighted by Gasteiger charge is 2.14. The Hall–Kier alpha value is -1.60. The van der Waals surface area contributed by atoms with Gasteiger partial charge in [0.1, 0.15) is 0 Å². The van der Waals surface area contributed by atoms with Gasteiger partial charge in [-0.3, -0.25) is 15.0 Å². The molecule has 0 aliphatic carbocycles. The molecule has 1 amide bonds. The number of aryl methyl sites for hydroxylation is 2. The number of rotatable bonds is 5. The van der Waals surface area contributed by atoms with E-state index in [-0.39, 0.29) is 5.91 Å². The minimum absolute atomic E-state index is 0.0787. The quantitative estimate of drug-likeness (QED) is 0.808. The third-order valence-corrected chi connectivity index (χ3v) is 3.56. The maximum absolute atomic E-state index is 12.1. The third-order valence-electron chi connectivity index (χ3n) is 3.56. The summed E-state index contributed by atoms with van der Waals surface area (Å²) < 4.78 is 0. The normalized spacial score (nSPS) is 16.5. The number of carbonyl (C=O) groups excluding carboxylic acids is 1. The minimum Gasteiger partial charge on any atom is -0.315 e. The lowest BCUT2D eigenvalue weighted by Crippen LogP contribution is -2.36. The minimum atomic E-state index is -0.0787. The molecular weight excluding hydrogens is 268 g/mol. The number of amides is 1. The molecule has 0 aromatic carbocycles. The molecule has 0 bridgehead atoms. The van der Waals surface area contributed by atoms with Crippen molar-refractivity contribution >= 4 is 11.9 Å². The van der Waals surface area contributed by atoms with E-state index in [4.69, 9.17) is 0 Å². The molecule has 21 heavy (non-hydrogen) atoms. The van der Waals surface area contributed by atoms with Gasteiger partial charge in [-0.15, -0.1) is 10.2 Å². The van der Waals surface area contributed by atoms with Crippen LogP contribution in [0.3, 0.4) is 0 Å². The van der Waals surface area contributed by atoms with Gasteiger partial charge in [0.25, 0.3) is 0 Å². The Kier molecular flexibility index (Phi) is 6.01. The van der Waals surface area contributed by atoms with Crippen molar-refractivity contribution in [1.29, 1.82) is 0 Å². The fourth-order valence-electron chi connectivity index (χ4n) is 2.42. The second-order valence-corrected chi connectivity index (χ2v) is 5.16. The molecule has 2 N–H and O–H groups in total. The molecule has 2 rings (SSSR count). The first kappa shape index (κ1) is 15.8. The van der Waals surface area contributed by atoms with E-state index in [2.05, 4.69) is 30.7 Å². The molecule has 1 saturated heterocycles. The van der Waals surface area contributed by atoms with Gasteiger partial charge in [-0.1, -0.05) is 13.8 Å². The number of carbonyl (C=O) groups is 1. The van der Waals surface area contributed by atoms with E-state index in [1.807, 2.05) is 13.8 Å². The average Bonchev–Trinajstić information content (AvgIpc) is 2.75. The summed E-state index contributed by atoms with van der Waals surface area (Å²) in [5.74, 6) is 0.229. The smallest absolute Gasteiger partial charge is 0.249 e. The predicted molar refractivity (Wildman–Crippen MR) is 81.1 cm³/mol. The van der Waals surface area contributed by atoms with Crippen LogP contribution in [0.2, 0.25) is 0 Å². The van der Waals surface area contributed by atoms with Crippen LogP contribution in [0.5, 0.6) is 0 Å². The maximum atomic E-state index is 12.1. The third kappa shape index (κ3) is 4.71. The van der Waals surface area contributed by atoms with Crippen LogP contribution >= 0.6 is 0 Å². The standard InChI is InChI=1S/C14H24N6O/c1-3-11-12(4-2)18-19-14(16-11)17-13(21)10-20-8-5-6-15-7-9-20/h15H,3-10H2,1-2H3,(H,16,17,19,21). The van der Waals surface area contributed by atoms with Crippen LogP contribution in [-0.4, -0.2) is 58.7 Å². The van der Waals surface area contributed by atoms with Crippen molar-refractivity contribution in [2.24, 2.45) is 0 Å². The second-order valence-electron chi connectivity index (χ2n) is 5.16. The molecule has 7 heteroatoms. The highest BCUT2D eigenvalue weighted by atomic mass is 16.2. The van der Waals surface area contributed by atoms with Crippen molar-refractivity contribution in [3.8, 4) is 0 Å². The van der Waals surface area contributed by atoms with Gasteiger partial charge in [-0.25, -0.2) is 4.98 Å². The lowest BCUT2D eigenvalue weighted by Gasteiger charge is -2.18. The van der Waals surface area contributed by atoms with Gasteiger partial charge in [0, 0.05) is 13.1 Å². The molecule has 0 saturated carbocycles. The van der Waals surface area contributed by atoms with Crippen molar-refractivity contribution in [2.75, 3.05) is 38.0 Å². The van der Waals surface area contributed by atoms with Crippen molar-refractivity contribution in [1.82, 2.24) is 25.4 Å². The topological polar surface area (TPSA) is 83.0 Å². The van der Waals surface area contributed by atoms with Crippen LogP contribution in [-0.2, 0) is 17.6 Å². The molecule has 1 aliphatic rings. The molecular formula is C14H24N6O. The molecule has 0 spiro atoms. The van der Waals surface area contributed by atoms with Crippen LogP contribution in [0.4, 0.5) is 5.95 Å². The highest BCUT2D eigenvalue weighted by Crippen LogP contribution is 2.07. The number of hydrogen-bond donors (Lipinski definition) is 2. The Morgan fingerprint density at radius 2 is 2.00 bits per heavy atom. The zero-order chi connectivity index (χ0) is 15.1. The SMILES string of the molecule is CCc1nnc(NC(=O)CN2CCCNCC2)nc1CC. The van der Waals surface area contributed by atoms with Gasteiger partial charge < -0.3 is 5.32 Å². The van der Waals surface area contributed by atoms with Crippen LogP contribution in [0.25, 0.3) is 0 Å². The predicted octanol–water partition coefficient (Wildman–Crippen LogP) is 0.230. The van der Waals surface area contributed by atoms with E-state index in [1.54, 1.807) is 0 Å². The van der Waals surface area contributed by atoms with E-state index >= 15 is 0 Å². The van der Waals surface area contributed by atoms with Crippen LogP contribution < -0.4 is 10.6 Å². The molecule has 1 aromatic rings. The molecule has 1 aromatic heterocycles. The summed E-state index contributed by atoms with van der Waals surface area (Å²) in [5, 5.41) is 14.2. The van der Waals surface area contributed by atoms with Gasteiger partial charge in [0.2, 0.25) is 11.9 Å². The van der Waals surface area contributed by atoms with Gasteiger partial charge in [0.15, 0.2) is 0 Å². The van der Waals surface area contributed by atoms with E-state index in [0.717, 1.165) is 56.8 Å². The summed E-state index contributed by atoms with van der Waals surface area (Å²) in [5.41, 5.74) is 1.80. The number of hydrogen-bond acceptors (Lipinski definition) is 6. The summed E-state index contributed by atoms with van der Waals surface area (Å²) in [7, 11) is 0. The lowest BCUT2D eigenvalue weighted by molar-refractivity contribution is -0.117. The fraction of sp³-hybridized carbons (Fsp3) is 0.714. The number of nitrogens with zero attached hydrogens (tertiary/aromatic N) is 4. The van der Waals surface area contributed by atoms with Crippen LogP contribution in [0, 0.1) is 0 Å². The monoisotopic (exact) mass is 292 g/mol. The highest BCUT2D eigenvalue weighted by molar-refractivity contribution is 5.90. The lowest BCUT2D eigenvalue weighted by atomic mass is 10.2. The molecule has 116 valence electrons. The first-order chi connectivity index (χ1) is 10.2. The molecule has 1 fully saturated rings. The zero-order valence-electron chi connectivity index (χ0n) is 12.9. The fourth-order valence-corrected chi connectivity index (χ4v) is 2.42. The maximum Gasteiger partial charge on any atom is 0.249 e. The Morgan fingerprint density at radius 3 is 2.76 bits per heavy atom. The van der Waals surface area contributed by atoms with E-state index in [0.29, 0.717) is 12.5 Å². The molecule has 1 aliphatic heterocycles. The number of nitrogens with one attached hydrogen (secondary N) is 2. The van der Waals surface area contributed by atoms with Crippen molar-refractivity contribution in [3.63, 3.8) is 0 Å². The average molecular weight is 292 g/mol. The van der Waals surface area contributed by atoms with Crippen molar-refractivity contribution in [2.45, 2.75) is 33.1 Å². The van der Waals surface area contributed by atoms with Gasteiger partial charge in [-0.2, -0.15) is 0 Å². The van der Waals surface area contributed by atoms with E-state index in [1.165, 1.54) is 0 Å². The Labute approximate surface area is 125 Å². The molecule has 0 unspecified atom stereocenters. The summed E-state index contributed by atoms with van der Waals surface area (Å²) >= 11 is 0. The van der Waals surface area contributed by atoms with Gasteiger partial charge in [-0.05, 0) is 32.4 Å². The molecule has 7 nitrogen and oxygen atoms in total. The van der Waals surface area contributed by atoms with Crippen molar-refractivity contribution < 1.29 is 4.79 Å². The first-order valence-electron chi connectivity index (χ1n) is 7.68. The Bertz CT molecular complexity index is 471. The Balaban J connectivity index is 1.92. The summed E-state index contributed by atoms with van der Waals surface area (Å²) in [6.45, 7) is 8.20. The molecule has 0 radical (unpaired) electrons. The largest absolute Gasteiger partial charge is 0.315 e. The first-order valence-corrected chi connectivity index (χ1v) is 7.68. The Morgan fingerprint density at radius 1 is 1.19 bits per heavy atom. The van der Waals surface area contributed by atoms with Crippen molar-refractivity contribution in [3.05, 3.63) is 11.4 Å². The summed E-state index contributed by atoms with van der Waals surface area (Å²) in [6, 6.07) is 0. The van der Waals surface area contributed by atoms with Crippen LogP contribution in [0.1, 0.15) is 31.7 Å². The van der Waals surface area contributed by atoms with Crippen LogP contribution in [0.15, 0.2) is 0 Å². The summed E-state index contributed by atoms with van der Waals surface area (Å²) in [4.78, 5) is 18.6. The number of anilines is 1. The van der Waals surface area contributed by atoms with Gasteiger partial charge in [0.05, 0.1) is 17.9 Å². The second kappa shape index (κ2) is 7.99. The van der Waals surface area contributed by atoms with Gasteiger partial charge >= 0.3 is 0 Å². The van der Waals surface area contributed by atoms with E-state index in [9.17, 15) is 4.79 Å². The molecule has 0 atom stereocenters. The summed E-state index contributed by atoms with van der Waals surface area (Å²) in [6.07, 6.45) is 2.66. The number of aromatic nitrogens is 3.